The second kappa shape index (κ2) is 6.53. The minimum atomic E-state index is -3.52. The SMILES string of the molecule is NC[C@@H]1CN(S(=O)(=O)c2ccc3c(c2)COC3)C[C@H]1c1ccccc1. The lowest BCUT2D eigenvalue weighted by Gasteiger charge is -2.17. The van der Waals surface area contributed by atoms with E-state index < -0.39 is 10.0 Å². The van der Waals surface area contributed by atoms with Crippen LogP contribution < -0.4 is 5.73 Å². The molecule has 1 fully saturated rings. The average molecular weight is 358 g/mol. The molecule has 6 heteroatoms. The fourth-order valence-corrected chi connectivity index (χ4v) is 5.38. The summed E-state index contributed by atoms with van der Waals surface area (Å²) in [6, 6.07) is 15.4. The summed E-state index contributed by atoms with van der Waals surface area (Å²) >= 11 is 0. The van der Waals surface area contributed by atoms with Crippen molar-refractivity contribution in [2.45, 2.75) is 24.0 Å². The molecule has 5 nitrogen and oxygen atoms in total. The van der Waals surface area contributed by atoms with Gasteiger partial charge in [-0.2, -0.15) is 4.31 Å². The fraction of sp³-hybridized carbons (Fsp3) is 0.368. The molecule has 2 aromatic rings. The number of benzene rings is 2. The lowest BCUT2D eigenvalue weighted by Crippen LogP contribution is -2.30. The molecular formula is C19H22N2O3S. The third-order valence-electron chi connectivity index (χ3n) is 5.27. The van der Waals surface area contributed by atoms with Crippen LogP contribution in [0.1, 0.15) is 22.6 Å². The highest BCUT2D eigenvalue weighted by atomic mass is 32.2. The molecule has 0 spiro atoms. The van der Waals surface area contributed by atoms with Gasteiger partial charge in [-0.1, -0.05) is 36.4 Å². The van der Waals surface area contributed by atoms with Crippen molar-refractivity contribution < 1.29 is 13.2 Å². The summed E-state index contributed by atoms with van der Waals surface area (Å²) in [7, 11) is -3.52. The summed E-state index contributed by atoms with van der Waals surface area (Å²) in [6.45, 7) is 2.46. The predicted octanol–water partition coefficient (Wildman–Crippen LogP) is 2.08. The Labute approximate surface area is 148 Å². The minimum Gasteiger partial charge on any atom is -0.372 e. The van der Waals surface area contributed by atoms with E-state index in [1.54, 1.807) is 16.4 Å². The van der Waals surface area contributed by atoms with Crippen LogP contribution in [0.5, 0.6) is 0 Å². The molecule has 2 aliphatic rings. The number of nitrogens with two attached hydrogens (primary N) is 1. The number of hydrogen-bond acceptors (Lipinski definition) is 4. The Hall–Kier alpha value is -1.73. The van der Waals surface area contributed by atoms with Crippen LogP contribution in [0.4, 0.5) is 0 Å². The van der Waals surface area contributed by atoms with Gasteiger partial charge in [0, 0.05) is 19.0 Å². The standard InChI is InChI=1S/C19H22N2O3S/c20-9-17-10-21(11-19(17)14-4-2-1-3-5-14)25(22,23)18-7-6-15-12-24-13-16(15)8-18/h1-8,17,19H,9-13,20H2/t17-,19+/m1/s1. The highest BCUT2D eigenvalue weighted by Gasteiger charge is 2.39. The largest absolute Gasteiger partial charge is 0.372 e. The van der Waals surface area contributed by atoms with Crippen LogP contribution in [0, 0.1) is 5.92 Å². The first kappa shape index (κ1) is 16.7. The van der Waals surface area contributed by atoms with Gasteiger partial charge in [-0.25, -0.2) is 8.42 Å². The van der Waals surface area contributed by atoms with Gasteiger partial charge in [-0.05, 0) is 41.3 Å². The van der Waals surface area contributed by atoms with E-state index in [0.717, 1.165) is 16.7 Å². The molecule has 1 saturated heterocycles. The zero-order chi connectivity index (χ0) is 17.4. The van der Waals surface area contributed by atoms with Gasteiger partial charge in [0.2, 0.25) is 10.0 Å². The molecule has 0 amide bonds. The van der Waals surface area contributed by atoms with Crippen LogP contribution >= 0.6 is 0 Å². The summed E-state index contributed by atoms with van der Waals surface area (Å²) < 4.78 is 33.2. The summed E-state index contributed by atoms with van der Waals surface area (Å²) in [4.78, 5) is 0.348. The Morgan fingerprint density at radius 1 is 1.04 bits per heavy atom. The monoisotopic (exact) mass is 358 g/mol. The van der Waals surface area contributed by atoms with Gasteiger partial charge in [0.15, 0.2) is 0 Å². The number of sulfonamides is 1. The molecule has 2 aliphatic heterocycles. The first-order valence-electron chi connectivity index (χ1n) is 8.54. The van der Waals surface area contributed by atoms with Gasteiger partial charge < -0.3 is 10.5 Å². The molecule has 0 saturated carbocycles. The molecule has 2 heterocycles. The van der Waals surface area contributed by atoms with Gasteiger partial charge in [0.05, 0.1) is 18.1 Å². The van der Waals surface area contributed by atoms with Crippen molar-refractivity contribution in [1.82, 2.24) is 4.31 Å². The number of ether oxygens (including phenoxy) is 1. The molecule has 25 heavy (non-hydrogen) atoms. The highest BCUT2D eigenvalue weighted by molar-refractivity contribution is 7.89. The maximum atomic E-state index is 13.1. The first-order valence-corrected chi connectivity index (χ1v) is 9.98. The normalized spacial score (nSPS) is 23.7. The first-order chi connectivity index (χ1) is 12.1. The van der Waals surface area contributed by atoms with Crippen molar-refractivity contribution in [1.29, 1.82) is 0 Å². The van der Waals surface area contributed by atoms with Crippen LogP contribution in [-0.2, 0) is 28.0 Å². The Balaban J connectivity index is 1.63. The van der Waals surface area contributed by atoms with Crippen molar-refractivity contribution in [3.63, 3.8) is 0 Å². The van der Waals surface area contributed by atoms with E-state index in [1.807, 2.05) is 24.3 Å². The van der Waals surface area contributed by atoms with Gasteiger partial charge >= 0.3 is 0 Å². The Morgan fingerprint density at radius 3 is 2.56 bits per heavy atom. The summed E-state index contributed by atoms with van der Waals surface area (Å²) in [5.74, 6) is 0.272. The van der Waals surface area contributed by atoms with Crippen molar-refractivity contribution in [3.05, 3.63) is 65.2 Å². The average Bonchev–Trinajstić information content (AvgIpc) is 3.28. The van der Waals surface area contributed by atoms with Crippen molar-refractivity contribution in [2.75, 3.05) is 19.6 Å². The van der Waals surface area contributed by atoms with Crippen LogP contribution in [-0.4, -0.2) is 32.4 Å². The highest BCUT2D eigenvalue weighted by Crippen LogP contribution is 2.35. The van der Waals surface area contributed by atoms with E-state index in [9.17, 15) is 8.42 Å². The van der Waals surface area contributed by atoms with Crippen molar-refractivity contribution in [2.24, 2.45) is 11.7 Å². The molecule has 132 valence electrons. The molecule has 0 aliphatic carbocycles. The van der Waals surface area contributed by atoms with Crippen molar-refractivity contribution in [3.8, 4) is 0 Å². The zero-order valence-corrected chi connectivity index (χ0v) is 14.8. The van der Waals surface area contributed by atoms with E-state index >= 15 is 0 Å². The summed E-state index contributed by atoms with van der Waals surface area (Å²) in [5.41, 5.74) is 9.13. The van der Waals surface area contributed by atoms with E-state index in [-0.39, 0.29) is 11.8 Å². The molecule has 4 rings (SSSR count). The summed E-state index contributed by atoms with van der Waals surface area (Å²) in [6.07, 6.45) is 0. The molecule has 2 aromatic carbocycles. The maximum absolute atomic E-state index is 13.1. The Morgan fingerprint density at radius 2 is 1.80 bits per heavy atom. The van der Waals surface area contributed by atoms with E-state index in [1.165, 1.54) is 0 Å². The van der Waals surface area contributed by atoms with Gasteiger partial charge in [0.25, 0.3) is 0 Å². The quantitative estimate of drug-likeness (QED) is 0.908. The van der Waals surface area contributed by atoms with Crippen LogP contribution in [0.2, 0.25) is 0 Å². The Kier molecular flexibility index (Phi) is 4.37. The second-order valence-electron chi connectivity index (χ2n) is 6.76. The van der Waals surface area contributed by atoms with E-state index in [0.29, 0.717) is 37.7 Å². The van der Waals surface area contributed by atoms with E-state index in [2.05, 4.69) is 12.1 Å². The molecule has 0 bridgehead atoms. The molecule has 2 atom stereocenters. The smallest absolute Gasteiger partial charge is 0.243 e. The minimum absolute atomic E-state index is 0.134. The zero-order valence-electron chi connectivity index (χ0n) is 14.0. The Bertz CT molecular complexity index is 867. The number of hydrogen-bond donors (Lipinski definition) is 1. The fourth-order valence-electron chi connectivity index (χ4n) is 3.80. The third kappa shape index (κ3) is 3.00. The third-order valence-corrected chi connectivity index (χ3v) is 7.10. The summed E-state index contributed by atoms with van der Waals surface area (Å²) in [5, 5.41) is 0. The molecular weight excluding hydrogens is 336 g/mol. The molecule has 0 unspecified atom stereocenters. The topological polar surface area (TPSA) is 72.6 Å². The molecule has 0 aromatic heterocycles. The maximum Gasteiger partial charge on any atom is 0.243 e. The number of nitrogens with zero attached hydrogens (tertiary/aromatic N) is 1. The van der Waals surface area contributed by atoms with Crippen LogP contribution in [0.25, 0.3) is 0 Å². The van der Waals surface area contributed by atoms with E-state index in [4.69, 9.17) is 10.5 Å². The second-order valence-corrected chi connectivity index (χ2v) is 8.70. The predicted molar refractivity (Wildman–Crippen MR) is 95.4 cm³/mol. The van der Waals surface area contributed by atoms with Gasteiger partial charge in [0.1, 0.15) is 0 Å². The molecule has 0 radical (unpaired) electrons. The van der Waals surface area contributed by atoms with Crippen LogP contribution in [0.3, 0.4) is 0 Å². The van der Waals surface area contributed by atoms with Gasteiger partial charge in [-0.3, -0.25) is 0 Å². The van der Waals surface area contributed by atoms with Gasteiger partial charge in [-0.15, -0.1) is 0 Å². The number of fused-ring (bicyclic) bond motifs is 1. The lowest BCUT2D eigenvalue weighted by atomic mass is 9.89. The van der Waals surface area contributed by atoms with Crippen molar-refractivity contribution >= 4 is 10.0 Å². The van der Waals surface area contributed by atoms with Crippen LogP contribution in [0.15, 0.2) is 53.4 Å². The lowest BCUT2D eigenvalue weighted by molar-refractivity contribution is 0.134. The number of rotatable bonds is 4. The molecule has 2 N–H and O–H groups in total.